The molecule has 0 amide bonds. The van der Waals surface area contributed by atoms with Crippen LogP contribution in [0.25, 0.3) is 42.4 Å². The third kappa shape index (κ3) is 4.59. The maximum absolute atomic E-state index is 2.51. The number of rotatable bonds is 4. The van der Waals surface area contributed by atoms with Crippen LogP contribution in [-0.4, -0.2) is 0 Å². The van der Waals surface area contributed by atoms with E-state index in [9.17, 15) is 0 Å². The monoisotopic (exact) mass is 786 g/mol. The van der Waals surface area contributed by atoms with Crippen LogP contribution in [0.4, 0.5) is 34.1 Å². The van der Waals surface area contributed by atoms with Crippen LogP contribution in [0.1, 0.15) is 22.3 Å². The van der Waals surface area contributed by atoms with Gasteiger partial charge >= 0.3 is 0 Å². The van der Waals surface area contributed by atoms with Crippen LogP contribution in [0.3, 0.4) is 0 Å². The second-order valence-electron chi connectivity index (χ2n) is 15.6. The number of para-hydroxylation sites is 3. The Labute approximate surface area is 351 Å². The maximum atomic E-state index is 2.51. The highest BCUT2D eigenvalue weighted by Crippen LogP contribution is 2.66. The van der Waals surface area contributed by atoms with Crippen molar-refractivity contribution in [1.29, 1.82) is 0 Å². The summed E-state index contributed by atoms with van der Waals surface area (Å²) in [5.74, 6) is 0. The van der Waals surface area contributed by atoms with Gasteiger partial charge in [0.1, 0.15) is 0 Å². The molecule has 3 aliphatic rings. The highest BCUT2D eigenvalue weighted by atomic mass is 32.2. The van der Waals surface area contributed by atoms with E-state index < -0.39 is 5.41 Å². The zero-order valence-electron chi connectivity index (χ0n) is 31.8. The van der Waals surface area contributed by atoms with Crippen LogP contribution in [0.5, 0.6) is 0 Å². The van der Waals surface area contributed by atoms with Crippen molar-refractivity contribution in [2.24, 2.45) is 0 Å². The molecule has 0 bridgehead atoms. The molecule has 2 heterocycles. The summed E-state index contributed by atoms with van der Waals surface area (Å²) in [6, 6.07) is 76.8. The minimum Gasteiger partial charge on any atom is -0.310 e. The van der Waals surface area contributed by atoms with Crippen molar-refractivity contribution in [2.45, 2.75) is 15.2 Å². The molecule has 2 nitrogen and oxygen atoms in total. The van der Waals surface area contributed by atoms with Gasteiger partial charge in [0.25, 0.3) is 0 Å². The predicted molar refractivity (Wildman–Crippen MR) is 249 cm³/mol. The molecule has 13 rings (SSSR count). The van der Waals surface area contributed by atoms with E-state index in [1.54, 1.807) is 0 Å². The number of anilines is 6. The first-order valence-electron chi connectivity index (χ1n) is 20.2. The average Bonchev–Trinajstić information content (AvgIpc) is 3.92. The van der Waals surface area contributed by atoms with Gasteiger partial charge in [-0.2, -0.15) is 0 Å². The van der Waals surface area contributed by atoms with E-state index in [4.69, 9.17) is 0 Å². The highest BCUT2D eigenvalue weighted by Gasteiger charge is 2.53. The van der Waals surface area contributed by atoms with Crippen molar-refractivity contribution in [3.63, 3.8) is 0 Å². The third-order valence-electron chi connectivity index (χ3n) is 12.6. The number of nitrogens with zero attached hydrogens (tertiary/aromatic N) is 2. The molecule has 10 aromatic rings. The quantitative estimate of drug-likeness (QED) is 0.175. The summed E-state index contributed by atoms with van der Waals surface area (Å²) in [6.45, 7) is 0. The topological polar surface area (TPSA) is 6.48 Å². The predicted octanol–water partition coefficient (Wildman–Crippen LogP) is 15.8. The molecule has 1 unspecified atom stereocenters. The molecule has 1 aliphatic heterocycles. The van der Waals surface area contributed by atoms with E-state index in [0.717, 1.165) is 17.1 Å². The molecular weight excluding hydrogens is 753 g/mol. The molecule has 0 saturated carbocycles. The lowest BCUT2D eigenvalue weighted by molar-refractivity contribution is 0.793. The van der Waals surface area contributed by atoms with Gasteiger partial charge in [-0.1, -0.05) is 145 Å². The zero-order valence-corrected chi connectivity index (χ0v) is 33.5. The van der Waals surface area contributed by atoms with Crippen molar-refractivity contribution < 1.29 is 0 Å². The highest BCUT2D eigenvalue weighted by molar-refractivity contribution is 7.99. The number of benzene rings is 9. The van der Waals surface area contributed by atoms with Gasteiger partial charge in [0.15, 0.2) is 0 Å². The molecule has 2 aliphatic carbocycles. The Kier molecular flexibility index (Phi) is 7.07. The van der Waals surface area contributed by atoms with Crippen LogP contribution >= 0.6 is 23.1 Å². The first-order chi connectivity index (χ1) is 29.3. The number of fused-ring (bicyclic) bond motifs is 15. The average molecular weight is 787 g/mol. The van der Waals surface area contributed by atoms with Gasteiger partial charge in [-0.05, 0) is 112 Å². The van der Waals surface area contributed by atoms with Crippen LogP contribution in [0.2, 0.25) is 0 Å². The summed E-state index contributed by atoms with van der Waals surface area (Å²) in [5, 5.41) is 2.62. The fourth-order valence-corrected chi connectivity index (χ4v) is 12.5. The molecule has 59 heavy (non-hydrogen) atoms. The summed E-state index contributed by atoms with van der Waals surface area (Å²) in [4.78, 5) is 7.48. The largest absolute Gasteiger partial charge is 0.310 e. The minimum absolute atomic E-state index is 0.523. The Morgan fingerprint density at radius 3 is 1.76 bits per heavy atom. The van der Waals surface area contributed by atoms with Crippen LogP contribution in [0.15, 0.2) is 216 Å². The van der Waals surface area contributed by atoms with Crippen LogP contribution in [-0.2, 0) is 5.41 Å². The number of thiophene rings is 1. The molecule has 276 valence electrons. The molecular formula is C55H34N2S2. The summed E-state index contributed by atoms with van der Waals surface area (Å²) in [5.41, 5.74) is 17.0. The Bertz CT molecular complexity index is 3300. The first kappa shape index (κ1) is 33.2. The van der Waals surface area contributed by atoms with Gasteiger partial charge in [0, 0.05) is 52.6 Å². The lowest BCUT2D eigenvalue weighted by atomic mass is 9.70. The van der Waals surface area contributed by atoms with Gasteiger partial charge in [-0.15, -0.1) is 11.3 Å². The van der Waals surface area contributed by atoms with Gasteiger partial charge in [0.05, 0.1) is 22.5 Å². The van der Waals surface area contributed by atoms with Crippen molar-refractivity contribution in [1.82, 2.24) is 0 Å². The zero-order chi connectivity index (χ0) is 38.7. The Morgan fingerprint density at radius 2 is 0.949 bits per heavy atom. The molecule has 9 aromatic carbocycles. The standard InChI is InChI=1S/C55H34N2S2/c1-2-15-35(16-3-1)56(37-30-32-41-40-18-6-11-26-50(40)58-53(41)34-37)36-29-31-39-38-17-4-7-20-43(38)55(46(39)33-36)44-21-8-5-19-42(44)54-45(55)22-14-25-49(54)57-47-23-9-12-27-51(47)59-52-28-13-10-24-48(52)57/h1-34H. The molecule has 0 saturated heterocycles. The fourth-order valence-electron chi connectivity index (χ4n) is 10.3. The van der Waals surface area contributed by atoms with Gasteiger partial charge in [-0.25, -0.2) is 0 Å². The summed E-state index contributed by atoms with van der Waals surface area (Å²) >= 11 is 3.72. The van der Waals surface area contributed by atoms with Gasteiger partial charge in [-0.3, -0.25) is 0 Å². The van der Waals surface area contributed by atoms with E-state index in [2.05, 4.69) is 216 Å². The van der Waals surface area contributed by atoms with Crippen molar-refractivity contribution >= 4 is 77.4 Å². The fraction of sp³-hybridized carbons (Fsp3) is 0.0182. The second-order valence-corrected chi connectivity index (χ2v) is 17.8. The van der Waals surface area contributed by atoms with E-state index in [1.807, 2.05) is 23.1 Å². The Hall–Kier alpha value is -6.85. The molecule has 1 atom stereocenters. The van der Waals surface area contributed by atoms with Crippen molar-refractivity contribution in [3.05, 3.63) is 229 Å². The Morgan fingerprint density at radius 1 is 0.373 bits per heavy atom. The molecule has 0 N–H and O–H groups in total. The third-order valence-corrected chi connectivity index (χ3v) is 14.9. The van der Waals surface area contributed by atoms with Crippen LogP contribution in [0, 0.1) is 0 Å². The van der Waals surface area contributed by atoms with E-state index in [1.165, 1.54) is 91.5 Å². The lowest BCUT2D eigenvalue weighted by Crippen LogP contribution is -2.26. The molecule has 0 fully saturated rings. The number of hydrogen-bond acceptors (Lipinski definition) is 4. The summed E-state index contributed by atoms with van der Waals surface area (Å²) in [7, 11) is 0. The molecule has 0 radical (unpaired) electrons. The molecule has 1 spiro atoms. The van der Waals surface area contributed by atoms with Gasteiger partial charge < -0.3 is 9.80 Å². The van der Waals surface area contributed by atoms with Gasteiger partial charge in [0.2, 0.25) is 0 Å². The van der Waals surface area contributed by atoms with Crippen LogP contribution < -0.4 is 9.80 Å². The normalized spacial score (nSPS) is 15.4. The molecule has 4 heteroatoms. The summed E-state index contributed by atoms with van der Waals surface area (Å²) in [6.07, 6.45) is 0. The van der Waals surface area contributed by atoms with E-state index >= 15 is 0 Å². The lowest BCUT2D eigenvalue weighted by Gasteiger charge is -2.35. The number of hydrogen-bond donors (Lipinski definition) is 0. The molecule has 1 aromatic heterocycles. The Balaban J connectivity index is 1.07. The second kappa shape index (κ2) is 12.6. The van der Waals surface area contributed by atoms with E-state index in [0.29, 0.717) is 0 Å². The van der Waals surface area contributed by atoms with E-state index in [-0.39, 0.29) is 0 Å². The minimum atomic E-state index is -0.523. The van der Waals surface area contributed by atoms with Crippen molar-refractivity contribution in [2.75, 3.05) is 9.80 Å². The van der Waals surface area contributed by atoms with Crippen molar-refractivity contribution in [3.8, 4) is 22.3 Å². The SMILES string of the molecule is c1ccc(N(c2ccc3c(c2)C2(c4ccccc4-3)c3ccccc3-c3c(N4c5ccccc5Sc5ccccc54)cccc32)c2ccc3c(c2)sc2ccccc23)cc1. The first-order valence-corrected chi connectivity index (χ1v) is 21.8. The maximum Gasteiger partial charge on any atom is 0.0727 e. The smallest absolute Gasteiger partial charge is 0.0727 e. The summed E-state index contributed by atoms with van der Waals surface area (Å²) < 4.78 is 2.61.